The number of hydrogen-bond donors (Lipinski definition) is 0. The Labute approximate surface area is 234 Å². The molecule has 2 aromatic heterocycles. The first-order valence-electron chi connectivity index (χ1n) is 12.6. The van der Waals surface area contributed by atoms with E-state index in [1.54, 1.807) is 37.5 Å². The molecule has 5 rings (SSSR count). The maximum Gasteiger partial charge on any atom is 0.219 e. The third-order valence-corrected chi connectivity index (χ3v) is 9.49. The molecule has 0 saturated heterocycles. The molecule has 0 aliphatic carbocycles. The van der Waals surface area contributed by atoms with Gasteiger partial charge in [0.2, 0.25) is 5.88 Å². The summed E-state index contributed by atoms with van der Waals surface area (Å²) >= 11 is 0. The molecule has 0 aliphatic rings. The molecule has 0 spiro atoms. The van der Waals surface area contributed by atoms with Crippen LogP contribution in [-0.4, -0.2) is 44.6 Å². The molecule has 7 nitrogen and oxygen atoms in total. The van der Waals surface area contributed by atoms with Crippen molar-refractivity contribution in [3.05, 3.63) is 103 Å². The smallest absolute Gasteiger partial charge is 0.219 e. The highest BCUT2D eigenvalue weighted by atomic mass is 32.2. The summed E-state index contributed by atoms with van der Waals surface area (Å²) in [6, 6.07) is 25.8. The molecular weight excluding hydrogens is 544 g/mol. The van der Waals surface area contributed by atoms with Gasteiger partial charge in [0.05, 0.1) is 15.7 Å². The van der Waals surface area contributed by atoms with E-state index in [0.717, 1.165) is 45.0 Å². The Morgan fingerprint density at radius 3 is 2.20 bits per heavy atom. The maximum atomic E-state index is 12.1. The summed E-state index contributed by atoms with van der Waals surface area (Å²) in [5, 5.41) is 0.457. The molecule has 0 amide bonds. The van der Waals surface area contributed by atoms with E-state index in [9.17, 15) is 16.8 Å². The number of sulfone groups is 2. The van der Waals surface area contributed by atoms with Gasteiger partial charge in [-0.05, 0) is 84.6 Å². The average Bonchev–Trinajstić information content (AvgIpc) is 2.92. The van der Waals surface area contributed by atoms with Crippen LogP contribution in [0.5, 0.6) is 11.6 Å². The van der Waals surface area contributed by atoms with E-state index in [2.05, 4.69) is 16.0 Å². The number of rotatable bonds is 8. The topological polar surface area (TPSA) is 103 Å². The molecule has 3 aromatic carbocycles. The lowest BCUT2D eigenvalue weighted by molar-refractivity contribution is 0.462. The zero-order valence-electron chi connectivity index (χ0n) is 22.3. The summed E-state index contributed by atoms with van der Waals surface area (Å²) < 4.78 is 53.3. The van der Waals surface area contributed by atoms with Crippen LogP contribution in [0.3, 0.4) is 0 Å². The summed E-state index contributed by atoms with van der Waals surface area (Å²) in [5.41, 5.74) is 5.52. The molecule has 0 bridgehead atoms. The Morgan fingerprint density at radius 1 is 0.775 bits per heavy atom. The van der Waals surface area contributed by atoms with E-state index in [0.29, 0.717) is 18.1 Å². The van der Waals surface area contributed by atoms with Crippen LogP contribution in [0, 0.1) is 0 Å². The van der Waals surface area contributed by atoms with E-state index in [1.165, 1.54) is 18.4 Å². The predicted octanol–water partition coefficient (Wildman–Crippen LogP) is 6.14. The van der Waals surface area contributed by atoms with Gasteiger partial charge in [0, 0.05) is 47.5 Å². The van der Waals surface area contributed by atoms with Crippen molar-refractivity contribution in [1.82, 2.24) is 9.97 Å². The van der Waals surface area contributed by atoms with Gasteiger partial charge in [-0.25, -0.2) is 21.8 Å². The van der Waals surface area contributed by atoms with Gasteiger partial charge in [0.1, 0.15) is 15.6 Å². The average molecular weight is 573 g/mol. The fourth-order valence-electron chi connectivity index (χ4n) is 4.43. The molecule has 1 atom stereocenters. The fraction of sp³-hybridized carbons (Fsp3) is 0.161. The van der Waals surface area contributed by atoms with Gasteiger partial charge in [-0.2, -0.15) is 0 Å². The molecule has 2 heterocycles. The molecule has 5 aromatic rings. The van der Waals surface area contributed by atoms with Crippen molar-refractivity contribution in [1.29, 1.82) is 0 Å². The van der Waals surface area contributed by atoms with E-state index in [4.69, 9.17) is 4.74 Å². The van der Waals surface area contributed by atoms with Crippen LogP contribution < -0.4 is 4.74 Å². The lowest BCUT2D eigenvalue weighted by Crippen LogP contribution is -2.18. The third-order valence-electron chi connectivity index (χ3n) is 6.74. The standard InChI is InChI=1S/C31H28N2O5S2/c1-21(39(2,34)35)16-22-17-25-8-5-15-32-31(25)29(18-22)24-7-4-6-23(19-24)26-9-14-30(33-20-26)38-27-10-12-28(13-11-27)40(3,36)37/h4-15,17-21H,16H2,1-3H3. The quantitative estimate of drug-likeness (QED) is 0.220. The van der Waals surface area contributed by atoms with Crippen molar-refractivity contribution in [3.8, 4) is 33.9 Å². The number of pyridine rings is 2. The van der Waals surface area contributed by atoms with Crippen molar-refractivity contribution in [2.75, 3.05) is 12.5 Å². The fourth-order valence-corrected chi connectivity index (χ4v) is 5.55. The van der Waals surface area contributed by atoms with Gasteiger partial charge in [0.15, 0.2) is 9.84 Å². The molecule has 40 heavy (non-hydrogen) atoms. The number of nitrogens with zero attached hydrogens (tertiary/aromatic N) is 2. The van der Waals surface area contributed by atoms with Crippen molar-refractivity contribution >= 4 is 30.6 Å². The Morgan fingerprint density at radius 2 is 1.52 bits per heavy atom. The number of fused-ring (bicyclic) bond motifs is 1. The maximum absolute atomic E-state index is 12.1. The highest BCUT2D eigenvalue weighted by Crippen LogP contribution is 2.33. The summed E-state index contributed by atoms with van der Waals surface area (Å²) in [4.78, 5) is 9.28. The van der Waals surface area contributed by atoms with Crippen molar-refractivity contribution in [2.24, 2.45) is 0 Å². The molecule has 204 valence electrons. The second kappa shape index (κ2) is 10.8. The molecular formula is C31H28N2O5S2. The monoisotopic (exact) mass is 572 g/mol. The van der Waals surface area contributed by atoms with Gasteiger partial charge in [-0.15, -0.1) is 0 Å². The van der Waals surface area contributed by atoms with E-state index < -0.39 is 24.9 Å². The number of benzene rings is 3. The Kier molecular flexibility index (Phi) is 7.44. The number of hydrogen-bond acceptors (Lipinski definition) is 7. The first-order valence-corrected chi connectivity index (χ1v) is 16.4. The first-order chi connectivity index (χ1) is 19.0. The van der Waals surface area contributed by atoms with Gasteiger partial charge in [0.25, 0.3) is 0 Å². The largest absolute Gasteiger partial charge is 0.439 e. The highest BCUT2D eigenvalue weighted by Gasteiger charge is 2.17. The second-order valence-electron chi connectivity index (χ2n) is 9.87. The van der Waals surface area contributed by atoms with Crippen LogP contribution in [0.4, 0.5) is 0 Å². The first kappa shape index (κ1) is 27.5. The lowest BCUT2D eigenvalue weighted by Gasteiger charge is -2.14. The minimum absolute atomic E-state index is 0.224. The lowest BCUT2D eigenvalue weighted by atomic mass is 9.95. The van der Waals surface area contributed by atoms with Crippen LogP contribution in [0.1, 0.15) is 12.5 Å². The highest BCUT2D eigenvalue weighted by molar-refractivity contribution is 7.91. The van der Waals surface area contributed by atoms with Crippen LogP contribution in [-0.2, 0) is 26.1 Å². The minimum atomic E-state index is -3.28. The van der Waals surface area contributed by atoms with Gasteiger partial charge < -0.3 is 4.74 Å². The van der Waals surface area contributed by atoms with Crippen LogP contribution in [0.15, 0.2) is 102 Å². The molecule has 0 radical (unpaired) electrons. The SMILES string of the molecule is CC(Cc1cc(-c2cccc(-c3ccc(Oc4ccc(S(C)(=O)=O)cc4)nc3)c2)c2ncccc2c1)S(C)(=O)=O. The van der Waals surface area contributed by atoms with Gasteiger partial charge in [-0.1, -0.05) is 24.3 Å². The minimum Gasteiger partial charge on any atom is -0.439 e. The molecule has 9 heteroatoms. The van der Waals surface area contributed by atoms with Crippen LogP contribution in [0.2, 0.25) is 0 Å². The zero-order valence-corrected chi connectivity index (χ0v) is 23.9. The summed E-state index contributed by atoms with van der Waals surface area (Å²) in [6.07, 6.45) is 6.32. The second-order valence-corrected chi connectivity index (χ2v) is 14.4. The van der Waals surface area contributed by atoms with E-state index in [1.807, 2.05) is 48.5 Å². The van der Waals surface area contributed by atoms with Crippen LogP contribution >= 0.6 is 0 Å². The third kappa shape index (κ3) is 6.21. The summed E-state index contributed by atoms with van der Waals surface area (Å²) in [5.74, 6) is 0.869. The summed E-state index contributed by atoms with van der Waals surface area (Å²) in [7, 11) is -6.44. The molecule has 0 saturated carbocycles. The van der Waals surface area contributed by atoms with Crippen molar-refractivity contribution in [2.45, 2.75) is 23.5 Å². The van der Waals surface area contributed by atoms with Gasteiger partial charge >= 0.3 is 0 Å². The van der Waals surface area contributed by atoms with E-state index >= 15 is 0 Å². The predicted molar refractivity (Wildman–Crippen MR) is 158 cm³/mol. The zero-order chi connectivity index (χ0) is 28.5. The number of aromatic nitrogens is 2. The van der Waals surface area contributed by atoms with E-state index in [-0.39, 0.29) is 4.90 Å². The van der Waals surface area contributed by atoms with Gasteiger partial charge in [-0.3, -0.25) is 4.98 Å². The Bertz CT molecular complexity index is 1900. The number of ether oxygens (including phenoxy) is 1. The summed E-state index contributed by atoms with van der Waals surface area (Å²) in [6.45, 7) is 1.73. The van der Waals surface area contributed by atoms with Crippen molar-refractivity contribution in [3.63, 3.8) is 0 Å². The molecule has 0 fully saturated rings. The van der Waals surface area contributed by atoms with Crippen molar-refractivity contribution < 1.29 is 21.6 Å². The van der Waals surface area contributed by atoms with Crippen LogP contribution in [0.25, 0.3) is 33.2 Å². The normalized spacial score (nSPS) is 12.8. The molecule has 1 unspecified atom stereocenters. The Balaban J connectivity index is 1.43. The molecule has 0 aliphatic heterocycles. The Hall–Kier alpha value is -4.08. The molecule has 0 N–H and O–H groups in total.